The van der Waals surface area contributed by atoms with Gasteiger partial charge in [-0.2, -0.15) is 0 Å². The predicted molar refractivity (Wildman–Crippen MR) is 86.7 cm³/mol. The van der Waals surface area contributed by atoms with Gasteiger partial charge >= 0.3 is 0 Å². The lowest BCUT2D eigenvalue weighted by Gasteiger charge is -2.35. The molecule has 0 bridgehead atoms. The molecule has 23 heavy (non-hydrogen) atoms. The molecule has 2 aliphatic heterocycles. The molecule has 7 nitrogen and oxygen atoms in total. The van der Waals surface area contributed by atoms with Crippen molar-refractivity contribution in [2.45, 2.75) is 32.4 Å². The lowest BCUT2D eigenvalue weighted by atomic mass is 10.1. The Morgan fingerprint density at radius 1 is 1.35 bits per heavy atom. The molecule has 0 spiro atoms. The van der Waals surface area contributed by atoms with Gasteiger partial charge in [-0.05, 0) is 12.8 Å². The molecule has 0 saturated carbocycles. The molecule has 1 atom stereocenters. The van der Waals surface area contributed by atoms with Crippen molar-refractivity contribution in [3.8, 4) is 0 Å². The van der Waals surface area contributed by atoms with E-state index in [1.54, 1.807) is 19.4 Å². The van der Waals surface area contributed by atoms with Crippen LogP contribution in [-0.2, 0) is 21.2 Å². The molecule has 0 aromatic carbocycles. The number of rotatable bonds is 5. The third-order valence-electron chi connectivity index (χ3n) is 4.76. The minimum atomic E-state index is -3.00. The van der Waals surface area contributed by atoms with Gasteiger partial charge in [0.2, 0.25) is 5.91 Å². The molecule has 1 unspecified atom stereocenters. The van der Waals surface area contributed by atoms with E-state index in [-0.39, 0.29) is 23.5 Å². The number of carbonyl (C=O) groups excluding carboxylic acids is 1. The number of hydrogen-bond acceptors (Lipinski definition) is 5. The smallest absolute Gasteiger partial charge is 0.247 e. The van der Waals surface area contributed by atoms with E-state index in [4.69, 9.17) is 0 Å². The first-order valence-corrected chi connectivity index (χ1v) is 10.0. The lowest BCUT2D eigenvalue weighted by Crippen LogP contribution is -2.46. The van der Waals surface area contributed by atoms with Gasteiger partial charge in [0.15, 0.2) is 9.84 Å². The van der Waals surface area contributed by atoms with Crippen molar-refractivity contribution in [2.24, 2.45) is 0 Å². The molecule has 0 aliphatic carbocycles. The first-order chi connectivity index (χ1) is 11.0. The molecule has 1 aromatic rings. The Labute approximate surface area is 137 Å². The van der Waals surface area contributed by atoms with Crippen LogP contribution in [0.25, 0.3) is 0 Å². The largest absolute Gasteiger partial charge is 0.341 e. The van der Waals surface area contributed by atoms with Crippen LogP contribution in [-0.4, -0.2) is 71.4 Å². The summed E-state index contributed by atoms with van der Waals surface area (Å²) in [5, 5.41) is 0. The van der Waals surface area contributed by atoms with Gasteiger partial charge in [0.25, 0.3) is 0 Å². The number of fused-ring (bicyclic) bond motifs is 1. The van der Waals surface area contributed by atoms with Crippen LogP contribution in [0.15, 0.2) is 12.5 Å². The molecule has 3 rings (SSSR count). The van der Waals surface area contributed by atoms with E-state index in [9.17, 15) is 13.2 Å². The van der Waals surface area contributed by atoms with Crippen LogP contribution in [0.2, 0.25) is 0 Å². The normalized spacial score (nSPS) is 22.3. The van der Waals surface area contributed by atoms with Crippen molar-refractivity contribution in [1.29, 1.82) is 0 Å². The first-order valence-electron chi connectivity index (χ1n) is 8.22. The Kier molecular flexibility index (Phi) is 4.72. The van der Waals surface area contributed by atoms with Gasteiger partial charge in [-0.25, -0.2) is 13.4 Å². The van der Waals surface area contributed by atoms with Crippen molar-refractivity contribution in [3.63, 3.8) is 0 Å². The van der Waals surface area contributed by atoms with Crippen molar-refractivity contribution in [1.82, 2.24) is 19.4 Å². The summed E-state index contributed by atoms with van der Waals surface area (Å²) in [4.78, 5) is 20.9. The molecule has 3 heterocycles. The number of aromatic nitrogens is 2. The summed E-state index contributed by atoms with van der Waals surface area (Å²) in [5.74, 6) is 0.432. The third-order valence-corrected chi connectivity index (χ3v) is 6.44. The molecule has 1 fully saturated rings. The SMILES string of the molecule is CCS(=O)(=O)CCN1Cc2cncn2C(C(=O)N2CCCC2)C1. The van der Waals surface area contributed by atoms with E-state index in [1.165, 1.54) is 0 Å². The van der Waals surface area contributed by atoms with Crippen molar-refractivity contribution < 1.29 is 13.2 Å². The van der Waals surface area contributed by atoms with Crippen LogP contribution < -0.4 is 0 Å². The van der Waals surface area contributed by atoms with E-state index >= 15 is 0 Å². The second-order valence-corrected chi connectivity index (χ2v) is 8.78. The summed E-state index contributed by atoms with van der Waals surface area (Å²) >= 11 is 0. The fourth-order valence-electron chi connectivity index (χ4n) is 3.29. The zero-order valence-electron chi connectivity index (χ0n) is 13.5. The number of imidazole rings is 1. The summed E-state index contributed by atoms with van der Waals surface area (Å²) in [6.45, 7) is 4.97. The highest BCUT2D eigenvalue weighted by Crippen LogP contribution is 2.24. The highest BCUT2D eigenvalue weighted by Gasteiger charge is 2.34. The Balaban J connectivity index is 1.73. The fourth-order valence-corrected chi connectivity index (χ4v) is 4.11. The molecular weight excluding hydrogens is 316 g/mol. The molecule has 1 amide bonds. The predicted octanol–water partition coefficient (Wildman–Crippen LogP) is 0.297. The Hall–Kier alpha value is -1.41. The van der Waals surface area contributed by atoms with Crippen LogP contribution in [0, 0.1) is 0 Å². The highest BCUT2D eigenvalue weighted by molar-refractivity contribution is 7.91. The molecule has 8 heteroatoms. The first kappa shape index (κ1) is 16.4. The highest BCUT2D eigenvalue weighted by atomic mass is 32.2. The van der Waals surface area contributed by atoms with Gasteiger partial charge in [-0.15, -0.1) is 0 Å². The summed E-state index contributed by atoms with van der Waals surface area (Å²) in [7, 11) is -3.00. The van der Waals surface area contributed by atoms with E-state index in [0.29, 0.717) is 19.6 Å². The molecule has 2 aliphatic rings. The van der Waals surface area contributed by atoms with Gasteiger partial charge in [0.1, 0.15) is 6.04 Å². The topological polar surface area (TPSA) is 75.5 Å². The zero-order valence-corrected chi connectivity index (χ0v) is 14.3. The summed E-state index contributed by atoms with van der Waals surface area (Å²) in [5.41, 5.74) is 0.975. The maximum Gasteiger partial charge on any atom is 0.247 e. The van der Waals surface area contributed by atoms with Gasteiger partial charge < -0.3 is 9.47 Å². The molecule has 1 aromatic heterocycles. The number of hydrogen-bond donors (Lipinski definition) is 0. The Bertz CT molecular complexity index is 664. The molecule has 0 N–H and O–H groups in total. The third kappa shape index (κ3) is 3.58. The second kappa shape index (κ2) is 6.60. The Morgan fingerprint density at radius 2 is 2.09 bits per heavy atom. The summed E-state index contributed by atoms with van der Waals surface area (Å²) in [6.07, 6.45) is 5.61. The number of nitrogens with zero attached hydrogens (tertiary/aromatic N) is 4. The molecule has 0 radical (unpaired) electrons. The summed E-state index contributed by atoms with van der Waals surface area (Å²) < 4.78 is 25.4. The van der Waals surface area contributed by atoms with Crippen molar-refractivity contribution in [3.05, 3.63) is 18.2 Å². The van der Waals surface area contributed by atoms with Crippen LogP contribution in [0.5, 0.6) is 0 Å². The Morgan fingerprint density at radius 3 is 2.78 bits per heavy atom. The van der Waals surface area contributed by atoms with Crippen molar-refractivity contribution in [2.75, 3.05) is 37.7 Å². The molecular formula is C15H24N4O3S. The average molecular weight is 340 g/mol. The fraction of sp³-hybridized carbons (Fsp3) is 0.733. The number of amides is 1. The monoisotopic (exact) mass is 340 g/mol. The standard InChI is InChI=1S/C15H24N4O3S/c1-2-23(21,22)8-7-17-10-13-9-16-12-19(13)14(11-17)15(20)18-5-3-4-6-18/h9,12,14H,2-8,10-11H2,1H3. The van der Waals surface area contributed by atoms with Crippen LogP contribution in [0.1, 0.15) is 31.5 Å². The molecule has 128 valence electrons. The average Bonchev–Trinajstić information content (AvgIpc) is 3.22. The van der Waals surface area contributed by atoms with Crippen LogP contribution in [0.4, 0.5) is 0 Å². The maximum atomic E-state index is 12.8. The van der Waals surface area contributed by atoms with Crippen LogP contribution >= 0.6 is 0 Å². The molecule has 1 saturated heterocycles. The van der Waals surface area contributed by atoms with Gasteiger partial charge in [0, 0.05) is 44.7 Å². The quantitative estimate of drug-likeness (QED) is 0.770. The van der Waals surface area contributed by atoms with E-state index in [0.717, 1.165) is 31.6 Å². The number of likely N-dealkylation sites (tertiary alicyclic amines) is 1. The van der Waals surface area contributed by atoms with E-state index in [2.05, 4.69) is 9.88 Å². The van der Waals surface area contributed by atoms with Gasteiger partial charge in [-0.3, -0.25) is 9.69 Å². The van der Waals surface area contributed by atoms with E-state index in [1.807, 2.05) is 9.47 Å². The van der Waals surface area contributed by atoms with Gasteiger partial charge in [0.05, 0.1) is 17.8 Å². The van der Waals surface area contributed by atoms with E-state index < -0.39 is 9.84 Å². The summed E-state index contributed by atoms with van der Waals surface area (Å²) in [6, 6.07) is -0.288. The van der Waals surface area contributed by atoms with Crippen LogP contribution in [0.3, 0.4) is 0 Å². The van der Waals surface area contributed by atoms with Gasteiger partial charge in [-0.1, -0.05) is 6.92 Å². The second-order valence-electron chi connectivity index (χ2n) is 6.31. The lowest BCUT2D eigenvalue weighted by molar-refractivity contribution is -0.135. The van der Waals surface area contributed by atoms with Crippen molar-refractivity contribution >= 4 is 15.7 Å². The minimum Gasteiger partial charge on any atom is -0.341 e. The minimum absolute atomic E-state index is 0.129. The number of sulfone groups is 1. The number of carbonyl (C=O) groups is 1. The maximum absolute atomic E-state index is 12.8. The zero-order chi connectivity index (χ0) is 16.4.